The summed E-state index contributed by atoms with van der Waals surface area (Å²) in [6, 6.07) is -1.25. The summed E-state index contributed by atoms with van der Waals surface area (Å²) in [5.74, 6) is -1.00. The molecule has 1 saturated carbocycles. The number of rotatable bonds is 3. The minimum atomic E-state index is -3.25. The van der Waals surface area contributed by atoms with Crippen molar-refractivity contribution >= 4 is 21.8 Å². The second-order valence-electron chi connectivity index (χ2n) is 5.95. The summed E-state index contributed by atoms with van der Waals surface area (Å²) in [5, 5.41) is 15.5. The molecule has 118 valence electrons. The van der Waals surface area contributed by atoms with Crippen LogP contribution >= 0.6 is 0 Å². The molecule has 1 aliphatic heterocycles. The van der Waals surface area contributed by atoms with E-state index in [1.807, 2.05) is 6.92 Å². The zero-order valence-corrected chi connectivity index (χ0v) is 12.6. The van der Waals surface area contributed by atoms with Crippen LogP contribution in [0.3, 0.4) is 0 Å². The molecule has 2 rings (SSSR count). The Morgan fingerprint density at radius 3 is 2.62 bits per heavy atom. The fraction of sp³-hybridized carbons (Fsp3) is 0.692. The quantitative estimate of drug-likeness (QED) is 0.707. The molecule has 0 aromatic carbocycles. The molecule has 0 spiro atoms. The summed E-state index contributed by atoms with van der Waals surface area (Å²) in [6.07, 6.45) is 3.85. The molecule has 0 aromatic heterocycles. The molecule has 8 heteroatoms. The average Bonchev–Trinajstić information content (AvgIpc) is 2.68. The molecule has 2 amide bonds. The molecule has 21 heavy (non-hydrogen) atoms. The lowest BCUT2D eigenvalue weighted by Gasteiger charge is -2.37. The third kappa shape index (κ3) is 3.75. The fourth-order valence-electron chi connectivity index (χ4n) is 3.00. The Kier molecular flexibility index (Phi) is 4.27. The van der Waals surface area contributed by atoms with E-state index in [9.17, 15) is 23.1 Å². The second-order valence-corrected chi connectivity index (χ2v) is 7.88. The van der Waals surface area contributed by atoms with Crippen LogP contribution in [-0.2, 0) is 14.6 Å². The largest absolute Gasteiger partial charge is 0.480 e. The van der Waals surface area contributed by atoms with Crippen LogP contribution in [0.25, 0.3) is 0 Å². The van der Waals surface area contributed by atoms with Gasteiger partial charge in [-0.15, -0.1) is 0 Å². The van der Waals surface area contributed by atoms with Gasteiger partial charge in [0.05, 0.1) is 11.8 Å². The number of carboxylic acids is 1. The van der Waals surface area contributed by atoms with E-state index in [2.05, 4.69) is 10.6 Å². The summed E-state index contributed by atoms with van der Waals surface area (Å²) in [5.41, 5.74) is -1.26. The van der Waals surface area contributed by atoms with Crippen LogP contribution in [0.1, 0.15) is 32.6 Å². The van der Waals surface area contributed by atoms with Gasteiger partial charge in [0.15, 0.2) is 9.84 Å². The van der Waals surface area contributed by atoms with E-state index >= 15 is 0 Å². The minimum absolute atomic E-state index is 0.184. The summed E-state index contributed by atoms with van der Waals surface area (Å²) in [4.78, 5) is 23.5. The molecule has 3 N–H and O–H groups in total. The monoisotopic (exact) mass is 316 g/mol. The van der Waals surface area contributed by atoms with Gasteiger partial charge < -0.3 is 15.7 Å². The van der Waals surface area contributed by atoms with Crippen LogP contribution in [-0.4, -0.2) is 42.9 Å². The predicted molar refractivity (Wildman–Crippen MR) is 76.4 cm³/mol. The molecule has 1 heterocycles. The Labute approximate surface area is 123 Å². The van der Waals surface area contributed by atoms with Gasteiger partial charge in [-0.2, -0.15) is 0 Å². The normalized spacial score (nSPS) is 34.3. The number of carbonyl (C=O) groups excluding carboxylic acids is 1. The zero-order valence-electron chi connectivity index (χ0n) is 11.8. The van der Waals surface area contributed by atoms with Gasteiger partial charge in [0.2, 0.25) is 0 Å². The Morgan fingerprint density at radius 2 is 2.10 bits per heavy atom. The van der Waals surface area contributed by atoms with E-state index in [0.29, 0.717) is 12.8 Å². The van der Waals surface area contributed by atoms with Gasteiger partial charge in [0, 0.05) is 5.41 Å². The molecule has 3 atom stereocenters. The Bertz CT molecular complexity index is 571. The summed E-state index contributed by atoms with van der Waals surface area (Å²) in [6.45, 7) is 1.96. The first-order valence-electron chi connectivity index (χ1n) is 6.95. The van der Waals surface area contributed by atoms with Crippen molar-refractivity contribution in [2.45, 2.75) is 44.2 Å². The van der Waals surface area contributed by atoms with Crippen LogP contribution in [0, 0.1) is 5.92 Å². The first-order chi connectivity index (χ1) is 9.72. The predicted octanol–water partition coefficient (Wildman–Crippen LogP) is 0.630. The average molecular weight is 316 g/mol. The smallest absolute Gasteiger partial charge is 0.329 e. The van der Waals surface area contributed by atoms with Crippen molar-refractivity contribution in [2.75, 3.05) is 5.75 Å². The van der Waals surface area contributed by atoms with Crippen LogP contribution in [0.15, 0.2) is 11.5 Å². The lowest BCUT2D eigenvalue weighted by molar-refractivity contribution is -0.146. The van der Waals surface area contributed by atoms with Crippen molar-refractivity contribution in [3.05, 3.63) is 11.5 Å². The standard InChI is InChI=1S/C13H20N2O5S/c1-9-3-2-5-13(7-9,11(16)17)15-12(18)14-10-4-6-21(19,20)8-10/h4,6,9-10H,2-3,5,7-8H2,1H3,(H,16,17)(H2,14,15,18). The van der Waals surface area contributed by atoms with Crippen molar-refractivity contribution in [3.63, 3.8) is 0 Å². The van der Waals surface area contributed by atoms with Crippen molar-refractivity contribution in [2.24, 2.45) is 5.92 Å². The molecule has 0 saturated heterocycles. The van der Waals surface area contributed by atoms with Crippen LogP contribution in [0.4, 0.5) is 4.79 Å². The van der Waals surface area contributed by atoms with Gasteiger partial charge >= 0.3 is 12.0 Å². The lowest BCUT2D eigenvalue weighted by atomic mass is 9.76. The Morgan fingerprint density at radius 1 is 1.38 bits per heavy atom. The molecule has 0 aromatic rings. The maximum Gasteiger partial charge on any atom is 0.329 e. The lowest BCUT2D eigenvalue weighted by Crippen LogP contribution is -2.60. The van der Waals surface area contributed by atoms with Gasteiger partial charge in [-0.05, 0) is 24.8 Å². The molecule has 0 bridgehead atoms. The van der Waals surface area contributed by atoms with Gasteiger partial charge in [-0.3, -0.25) is 0 Å². The third-order valence-corrected chi connectivity index (χ3v) is 5.40. The summed E-state index contributed by atoms with van der Waals surface area (Å²) < 4.78 is 22.5. The molecular formula is C13H20N2O5S. The van der Waals surface area contributed by atoms with Gasteiger partial charge in [-0.1, -0.05) is 19.8 Å². The highest BCUT2D eigenvalue weighted by molar-refractivity contribution is 7.94. The Balaban J connectivity index is 1.99. The van der Waals surface area contributed by atoms with E-state index < -0.39 is 33.4 Å². The third-order valence-electron chi connectivity index (χ3n) is 4.01. The molecule has 2 aliphatic rings. The number of aliphatic carboxylic acids is 1. The van der Waals surface area contributed by atoms with E-state index in [-0.39, 0.29) is 11.7 Å². The number of carbonyl (C=O) groups is 2. The Hall–Kier alpha value is -1.57. The molecule has 0 radical (unpaired) electrons. The number of urea groups is 1. The van der Waals surface area contributed by atoms with Crippen LogP contribution < -0.4 is 10.6 Å². The van der Waals surface area contributed by atoms with Crippen molar-refractivity contribution < 1.29 is 23.1 Å². The summed E-state index contributed by atoms with van der Waals surface area (Å²) in [7, 11) is -3.25. The summed E-state index contributed by atoms with van der Waals surface area (Å²) >= 11 is 0. The molecule has 7 nitrogen and oxygen atoms in total. The highest BCUT2D eigenvalue weighted by Crippen LogP contribution is 2.32. The zero-order chi connectivity index (χ0) is 15.7. The number of sulfone groups is 1. The number of amides is 2. The van der Waals surface area contributed by atoms with E-state index in [0.717, 1.165) is 18.2 Å². The second kappa shape index (κ2) is 5.67. The van der Waals surface area contributed by atoms with Crippen molar-refractivity contribution in [1.82, 2.24) is 10.6 Å². The van der Waals surface area contributed by atoms with Crippen LogP contribution in [0.5, 0.6) is 0 Å². The molecular weight excluding hydrogens is 296 g/mol. The fourth-order valence-corrected chi connectivity index (χ4v) is 4.24. The van der Waals surface area contributed by atoms with E-state index in [1.54, 1.807) is 0 Å². The number of hydrogen-bond acceptors (Lipinski definition) is 4. The minimum Gasteiger partial charge on any atom is -0.480 e. The number of hydrogen-bond donors (Lipinski definition) is 3. The maximum absolute atomic E-state index is 12.0. The van der Waals surface area contributed by atoms with Gasteiger partial charge in [-0.25, -0.2) is 18.0 Å². The molecule has 1 fully saturated rings. The molecule has 1 aliphatic carbocycles. The van der Waals surface area contributed by atoms with Gasteiger partial charge in [0.1, 0.15) is 5.54 Å². The van der Waals surface area contributed by atoms with Crippen molar-refractivity contribution in [3.8, 4) is 0 Å². The molecule has 3 unspecified atom stereocenters. The number of nitrogens with one attached hydrogen (secondary N) is 2. The SMILES string of the molecule is CC1CCCC(NC(=O)NC2C=CS(=O)(=O)C2)(C(=O)O)C1. The van der Waals surface area contributed by atoms with E-state index in [1.165, 1.54) is 6.08 Å². The maximum atomic E-state index is 12.0. The topological polar surface area (TPSA) is 113 Å². The highest BCUT2D eigenvalue weighted by atomic mass is 32.2. The van der Waals surface area contributed by atoms with Gasteiger partial charge in [0.25, 0.3) is 0 Å². The first-order valence-corrected chi connectivity index (χ1v) is 8.67. The van der Waals surface area contributed by atoms with Crippen molar-refractivity contribution in [1.29, 1.82) is 0 Å². The highest BCUT2D eigenvalue weighted by Gasteiger charge is 2.43. The first kappa shape index (κ1) is 15.8. The number of carboxylic acid groups (broad SMARTS) is 1. The van der Waals surface area contributed by atoms with E-state index in [4.69, 9.17) is 0 Å². The van der Waals surface area contributed by atoms with Crippen LogP contribution in [0.2, 0.25) is 0 Å².